The van der Waals surface area contributed by atoms with E-state index in [0.717, 1.165) is 27.6 Å². The van der Waals surface area contributed by atoms with E-state index < -0.39 is 620 Å². The van der Waals surface area contributed by atoms with Crippen molar-refractivity contribution in [3.63, 3.8) is 0 Å². The molecule has 0 aliphatic rings. The van der Waals surface area contributed by atoms with Gasteiger partial charge in [0.2, 0.25) is 0 Å². The van der Waals surface area contributed by atoms with Gasteiger partial charge in [0.15, 0.2) is 0 Å². The van der Waals surface area contributed by atoms with Gasteiger partial charge in [-0.05, 0) is 255 Å². The van der Waals surface area contributed by atoms with Crippen molar-refractivity contribution >= 4 is 195 Å². The molecule has 3 aromatic heterocycles. The lowest BCUT2D eigenvalue weighted by atomic mass is 9.84. The molecule has 3 nitrogen and oxygen atoms in total. The zero-order chi connectivity index (χ0) is 154. The van der Waals surface area contributed by atoms with Crippen molar-refractivity contribution in [2.45, 2.75) is 0 Å². The number of rotatable bonds is 9. The van der Waals surface area contributed by atoms with Gasteiger partial charge in [-0.25, -0.2) is 0 Å². The van der Waals surface area contributed by atoms with E-state index in [1.54, 1.807) is 18.2 Å². The van der Waals surface area contributed by atoms with Crippen LogP contribution in [0.25, 0.3) is 295 Å². The average Bonchev–Trinajstić information content (AvgIpc) is 1.39. The SMILES string of the molecule is [2H]c1c([2H])c(-c2c3c([2H])c([2H])c([2H])c([2H])c3c(-c3c([2H])c([2H])c4c([2H])c([2H])c([2H])c([2H])c4c3[2H])c3c([2H])c([2H])c([2H])c([2H])c23)c([2H])c([2H])c1-c1c([2H])c([2H])c([2H])c2c1oc1c([2H])c([2H])c3c([2H])c([2H])c([2H])c([2H])c3c12.[2H]c1c([2H])c([2H])c2c([2H])c(-c3c4c([2H])c([2H])c([2H])c([2H])c4c(-c4cccc(-c5cccc6c5oc5ccc7ccccc7c56)c4)c4c([2H])c([2H])c([2H])c([2H])c34)c([2H])c([2H])c2c1[2H].[2H]c1cc2c([2H])c([2H])c([2H])c([2H])c2c(-c2c3c([2H])c([2H])c([2H])c([2H])c3c(-c3c([2H])c([2H])c([2H])c(-c4c([2H])c([2H])c([2H])c5c4oc4c([2H])c([2H])c6c([2H])c([2H])c([2H])c([2H])c6c45)c3[2H])c3c([2H])c([2H])c([2H])c([2H])c23)c1[2H]. The number of furan rings is 3. The maximum absolute atomic E-state index is 9.98. The first-order valence-corrected chi connectivity index (χ1v) is 42.9. The highest BCUT2D eigenvalue weighted by Gasteiger charge is 2.26. The number of hydrogen-bond donors (Lipinski definition) is 0. The number of fused-ring (bicyclic) bond motifs is 24. The molecule has 141 heavy (non-hydrogen) atoms. The van der Waals surface area contributed by atoms with E-state index in [4.69, 9.17) is 73.6 Å². The second-order valence-electron chi connectivity index (χ2n) is 31.9. The van der Waals surface area contributed by atoms with E-state index in [0.29, 0.717) is 27.9 Å². The second kappa shape index (κ2) is 33.2. The lowest BCUT2D eigenvalue weighted by Gasteiger charge is -2.19. The summed E-state index contributed by atoms with van der Waals surface area (Å²) in [5.74, 6) is 0. The highest BCUT2D eigenvalue weighted by atomic mass is 16.3. The Kier molecular flexibility index (Phi) is 8.83. The summed E-state index contributed by atoms with van der Waals surface area (Å²) < 4.78 is 648. The van der Waals surface area contributed by atoms with Crippen LogP contribution in [0.1, 0.15) is 96.0 Å². The van der Waals surface area contributed by atoms with Gasteiger partial charge in [0.05, 0.1) is 96.0 Å². The van der Waals surface area contributed by atoms with Gasteiger partial charge < -0.3 is 13.3 Å². The Morgan fingerprint density at radius 3 is 1.01 bits per heavy atom. The quantitative estimate of drug-likeness (QED) is 0.135. The van der Waals surface area contributed by atoms with Gasteiger partial charge in [0, 0.05) is 49.0 Å². The molecule has 0 amide bonds. The Hall–Kier alpha value is -18.5. The summed E-state index contributed by atoms with van der Waals surface area (Å²) in [7, 11) is 0. The molecular weight excluding hydrogens is 1710 g/mol. The van der Waals surface area contributed by atoms with Crippen molar-refractivity contribution in [3.05, 3.63) is 508 Å². The Bertz CT molecular complexity index is 14800. The second-order valence-corrected chi connectivity index (χ2v) is 31.9. The summed E-state index contributed by atoms with van der Waals surface area (Å²) in [6.45, 7) is 0. The number of para-hydroxylation sites is 3. The van der Waals surface area contributed by atoms with Gasteiger partial charge in [-0.1, -0.05) is 466 Å². The first-order valence-electron chi connectivity index (χ1n) is 77.9. The first-order chi connectivity index (χ1) is 99.1. The minimum atomic E-state index is -1.10. The molecule has 0 aliphatic carbocycles. The fourth-order valence-corrected chi connectivity index (χ4v) is 18.4. The summed E-state index contributed by atoms with van der Waals surface area (Å²) in [4.78, 5) is 0. The van der Waals surface area contributed by atoms with Gasteiger partial charge in [-0.3, -0.25) is 0 Å². The monoisotopic (exact) mass is 1860 g/mol. The molecule has 0 radical (unpaired) electrons. The molecule has 0 saturated carbocycles. The molecule has 0 fully saturated rings. The summed E-state index contributed by atoms with van der Waals surface area (Å²) in [5.41, 5.74) is -9.51. The molecule has 0 bridgehead atoms. The standard InChI is InChI=1S/3C46H28O/c1-3-17-33-29(12-1)14-10-24-36(33)44-39-21-7-5-19-37(39)43(38-20-6-8-22-40(38)44)32-16-9-15-31(28-32)35-23-11-25-41-45-34-18-4-2-13-30(34)26-27-42(45)47-46(35)41;1-2-13-31-27-34(24-23-29(31)11-1)44-39-19-7-5-17-37(39)43(38-18-6-8-20-40(38)44)33-15-9-14-32(28-33)36-21-10-22-41-45-35-16-4-3-12-30(35)25-26-42(45)47-46(36)41;1-2-12-33-28-34(25-20-29(33)10-1)44-39-16-7-5-14-37(39)43(38-15-6-8-17-40(38)44)32-23-21-31(22-24-32)36-18-9-19-41-45-35-13-4-3-11-30(35)26-27-42(45)47-46(36)41/h3*1-28H/i1D,2D,3D,4D,5D,6D,7D,8D,9D,10D,11D,12D,13D,15D,16D,17D,18D,19D,20D,21D,22D,23D,24D,25D,26D,27D,28D;1D,2D,5D,6D,7D,8D,11D,13D,17D,18D,19D,20D,23D,24D,27D;1D,2D,3D,4D,5D,6D,7D,8D,9D,10D,11D,12D,13D,14D,15D,16D,17D,18D,19D,20D,21D,22D,23D,24D,25D,26D,27D,28D. The zero-order valence-electron chi connectivity index (χ0n) is 141. The molecule has 0 unspecified atom stereocenters. The minimum Gasteiger partial charge on any atom is -0.455 e. The van der Waals surface area contributed by atoms with E-state index >= 15 is 0 Å². The van der Waals surface area contributed by atoms with Crippen molar-refractivity contribution < 1.29 is 109 Å². The third-order valence-electron chi connectivity index (χ3n) is 24.4. The normalized spacial score (nSPS) is 18.8. The van der Waals surface area contributed by atoms with Gasteiger partial charge in [-0.15, -0.1) is 0 Å². The van der Waals surface area contributed by atoms with Crippen LogP contribution in [0.2, 0.25) is 0 Å². The first kappa shape index (κ1) is 37.5. The molecule has 0 N–H and O–H groups in total. The molecule has 0 atom stereocenters. The van der Waals surface area contributed by atoms with Gasteiger partial charge in [0.25, 0.3) is 0 Å². The molecule has 3 heteroatoms. The van der Waals surface area contributed by atoms with Crippen LogP contribution >= 0.6 is 0 Å². The fourth-order valence-electron chi connectivity index (χ4n) is 18.4. The lowest BCUT2D eigenvalue weighted by molar-refractivity contribution is 0.670. The maximum Gasteiger partial charge on any atom is 0.143 e. The number of benzene rings is 27. The molecule has 30 aromatic rings. The van der Waals surface area contributed by atoms with Crippen LogP contribution in [0.3, 0.4) is 0 Å². The van der Waals surface area contributed by atoms with Gasteiger partial charge in [-0.2, -0.15) is 0 Å². The van der Waals surface area contributed by atoms with Crippen LogP contribution in [-0.2, 0) is 0 Å². The molecule has 3 heterocycles. The van der Waals surface area contributed by atoms with Crippen molar-refractivity contribution in [1.82, 2.24) is 0 Å². The van der Waals surface area contributed by atoms with Crippen LogP contribution in [0.15, 0.2) is 521 Å². The van der Waals surface area contributed by atoms with Crippen LogP contribution < -0.4 is 0 Å². The highest BCUT2D eigenvalue weighted by Crippen LogP contribution is 2.53. The van der Waals surface area contributed by atoms with Gasteiger partial charge >= 0.3 is 0 Å². The summed E-state index contributed by atoms with van der Waals surface area (Å²) in [5, 5.41) is -9.30. The predicted molar refractivity (Wildman–Crippen MR) is 600 cm³/mol. The summed E-state index contributed by atoms with van der Waals surface area (Å²) in [6.07, 6.45) is 0. The van der Waals surface area contributed by atoms with E-state index in [9.17, 15) is 35.6 Å². The number of hydrogen-bond acceptors (Lipinski definition) is 3. The summed E-state index contributed by atoms with van der Waals surface area (Å²) >= 11 is 0. The van der Waals surface area contributed by atoms with Crippen LogP contribution in [-0.4, -0.2) is 0 Å². The van der Waals surface area contributed by atoms with E-state index in [2.05, 4.69) is 0 Å². The predicted octanol–water partition coefficient (Wildman–Crippen LogP) is 39.6. The fraction of sp³-hybridized carbons (Fsp3) is 0. The molecule has 0 saturated heterocycles. The Morgan fingerprint density at radius 2 is 0.489 bits per heavy atom. The Morgan fingerprint density at radius 1 is 0.142 bits per heavy atom. The van der Waals surface area contributed by atoms with Crippen molar-refractivity contribution in [1.29, 1.82) is 0 Å². The molecule has 30 rings (SSSR count). The Balaban J connectivity index is 0.000000140. The molecule has 0 spiro atoms. The van der Waals surface area contributed by atoms with Gasteiger partial charge in [0.1, 0.15) is 33.5 Å². The minimum absolute atomic E-state index is 0.0224. The largest absolute Gasteiger partial charge is 0.455 e. The van der Waals surface area contributed by atoms with Crippen LogP contribution in [0.5, 0.6) is 0 Å². The van der Waals surface area contributed by atoms with Crippen LogP contribution in [0.4, 0.5) is 0 Å². The molecular formula is C138H84O3. The average molecular weight is 1860 g/mol. The highest BCUT2D eigenvalue weighted by molar-refractivity contribution is 6.29. The van der Waals surface area contributed by atoms with Crippen molar-refractivity contribution in [2.24, 2.45) is 0 Å². The maximum atomic E-state index is 9.98. The van der Waals surface area contributed by atoms with Crippen LogP contribution in [0, 0.1) is 0 Å². The lowest BCUT2D eigenvalue weighted by Crippen LogP contribution is -1.92. The van der Waals surface area contributed by atoms with E-state index in [-0.39, 0.29) is 48.8 Å². The summed E-state index contributed by atoms with van der Waals surface area (Å²) in [6, 6.07) is -33.8. The topological polar surface area (TPSA) is 39.4 Å². The third kappa shape index (κ3) is 13.3. The van der Waals surface area contributed by atoms with E-state index in [1.807, 2.05) is 60.7 Å². The zero-order valence-corrected chi connectivity index (χ0v) is 71.3. The smallest absolute Gasteiger partial charge is 0.143 e. The molecule has 27 aromatic carbocycles. The van der Waals surface area contributed by atoms with E-state index in [1.165, 1.54) is 0 Å². The Labute approximate surface area is 910 Å². The molecule has 0 aliphatic heterocycles. The molecule has 654 valence electrons. The third-order valence-corrected chi connectivity index (χ3v) is 24.4. The van der Waals surface area contributed by atoms with Crippen molar-refractivity contribution in [2.75, 3.05) is 0 Å². The van der Waals surface area contributed by atoms with Crippen molar-refractivity contribution in [3.8, 4) is 100 Å².